The highest BCUT2D eigenvalue weighted by molar-refractivity contribution is 6.31. The van der Waals surface area contributed by atoms with E-state index in [1.54, 1.807) is 20.8 Å². The molecule has 8 nitrogen and oxygen atoms in total. The highest BCUT2D eigenvalue weighted by atomic mass is 35.5. The molecule has 2 heterocycles. The van der Waals surface area contributed by atoms with E-state index in [1.807, 2.05) is 0 Å². The lowest BCUT2D eigenvalue weighted by molar-refractivity contribution is -0.141. The van der Waals surface area contributed by atoms with E-state index in [9.17, 15) is 27.9 Å². The van der Waals surface area contributed by atoms with Gasteiger partial charge in [0.2, 0.25) is 5.91 Å². The fraction of sp³-hybridized carbons (Fsp3) is 0.625. The maximum Gasteiger partial charge on any atom is 0.434 e. The molecule has 28 heavy (non-hydrogen) atoms. The molecule has 1 aromatic rings. The van der Waals surface area contributed by atoms with Crippen molar-refractivity contribution >= 4 is 29.4 Å². The standard InChI is InChI=1S/C16H21ClF3N5O3/c1-15(2,3)10-9(13(26)21-4)24(5-6-25(10)14(27)28)12-11(17)23-8(7-22-12)16(18,19)20/h7,9-10H,5-6H2,1-4H3,(H,21,26)(H,27,28)/t9?,10-/m0/s1. The van der Waals surface area contributed by atoms with Crippen molar-refractivity contribution in [3.8, 4) is 0 Å². The van der Waals surface area contributed by atoms with E-state index in [1.165, 1.54) is 11.9 Å². The number of likely N-dealkylation sites (N-methyl/N-ethyl adjacent to an activating group) is 1. The summed E-state index contributed by atoms with van der Waals surface area (Å²) in [6.45, 7) is 5.34. The Bertz CT molecular complexity index is 769. The third-order valence-electron chi connectivity index (χ3n) is 4.48. The molecular weight excluding hydrogens is 403 g/mol. The minimum Gasteiger partial charge on any atom is -0.465 e. The Morgan fingerprint density at radius 3 is 2.32 bits per heavy atom. The summed E-state index contributed by atoms with van der Waals surface area (Å²) >= 11 is 5.97. The Hall–Kier alpha value is -2.30. The van der Waals surface area contributed by atoms with Crippen molar-refractivity contribution in [2.24, 2.45) is 5.41 Å². The minimum atomic E-state index is -4.72. The lowest BCUT2D eigenvalue weighted by Gasteiger charge is -2.50. The first kappa shape index (κ1) is 22.0. The normalized spacial score (nSPS) is 20.9. The Labute approximate surface area is 164 Å². The highest BCUT2D eigenvalue weighted by Crippen LogP contribution is 2.37. The second-order valence-corrected chi connectivity index (χ2v) is 7.76. The molecule has 0 bridgehead atoms. The lowest BCUT2D eigenvalue weighted by atomic mass is 9.79. The summed E-state index contributed by atoms with van der Waals surface area (Å²) in [5, 5.41) is 11.5. The number of amides is 2. The van der Waals surface area contributed by atoms with E-state index in [4.69, 9.17) is 11.6 Å². The molecule has 0 radical (unpaired) electrons. The van der Waals surface area contributed by atoms with Crippen molar-refractivity contribution in [2.75, 3.05) is 25.0 Å². The molecule has 1 fully saturated rings. The van der Waals surface area contributed by atoms with E-state index >= 15 is 0 Å². The van der Waals surface area contributed by atoms with Crippen LogP contribution in [-0.4, -0.2) is 64.2 Å². The van der Waals surface area contributed by atoms with Crippen molar-refractivity contribution in [1.29, 1.82) is 0 Å². The Morgan fingerprint density at radius 2 is 1.89 bits per heavy atom. The summed E-state index contributed by atoms with van der Waals surface area (Å²) in [7, 11) is 1.39. The van der Waals surface area contributed by atoms with Gasteiger partial charge in [-0.2, -0.15) is 13.2 Å². The van der Waals surface area contributed by atoms with Gasteiger partial charge in [-0.05, 0) is 5.41 Å². The average Bonchev–Trinajstić information content (AvgIpc) is 2.58. The quantitative estimate of drug-likeness (QED) is 0.758. The molecule has 12 heteroatoms. The number of anilines is 1. The molecule has 1 aliphatic rings. The van der Waals surface area contributed by atoms with Gasteiger partial charge in [-0.25, -0.2) is 14.8 Å². The topological polar surface area (TPSA) is 98.7 Å². The lowest BCUT2D eigenvalue weighted by Crippen LogP contribution is -2.69. The van der Waals surface area contributed by atoms with Crippen LogP contribution in [0.25, 0.3) is 0 Å². The van der Waals surface area contributed by atoms with Crippen LogP contribution < -0.4 is 10.2 Å². The second kappa shape index (κ2) is 7.61. The molecule has 1 unspecified atom stereocenters. The number of rotatable bonds is 2. The number of carbonyl (C=O) groups excluding carboxylic acids is 1. The summed E-state index contributed by atoms with van der Waals surface area (Å²) in [6, 6.07) is -1.86. The van der Waals surface area contributed by atoms with Crippen LogP contribution in [0.5, 0.6) is 0 Å². The number of alkyl halides is 3. The van der Waals surface area contributed by atoms with Crippen LogP contribution >= 0.6 is 11.6 Å². The van der Waals surface area contributed by atoms with Crippen molar-refractivity contribution < 1.29 is 27.9 Å². The third kappa shape index (κ3) is 4.23. The first-order valence-electron chi connectivity index (χ1n) is 8.36. The molecule has 2 atom stereocenters. The molecule has 2 amide bonds. The van der Waals surface area contributed by atoms with Crippen LogP contribution in [0, 0.1) is 5.41 Å². The third-order valence-corrected chi connectivity index (χ3v) is 4.73. The van der Waals surface area contributed by atoms with Crippen LogP contribution in [0.15, 0.2) is 6.20 Å². The first-order chi connectivity index (χ1) is 12.8. The molecular formula is C16H21ClF3N5O3. The number of nitrogens with zero attached hydrogens (tertiary/aromatic N) is 4. The van der Waals surface area contributed by atoms with Crippen molar-refractivity contribution in [1.82, 2.24) is 20.2 Å². The van der Waals surface area contributed by atoms with Crippen LogP contribution in [0.4, 0.5) is 23.8 Å². The molecule has 2 N–H and O–H groups in total. The van der Waals surface area contributed by atoms with Gasteiger partial charge in [0.1, 0.15) is 6.04 Å². The van der Waals surface area contributed by atoms with Crippen molar-refractivity contribution in [3.05, 3.63) is 17.0 Å². The number of piperazine rings is 1. The molecule has 0 aliphatic carbocycles. The maximum atomic E-state index is 12.8. The van der Waals surface area contributed by atoms with Gasteiger partial charge in [-0.1, -0.05) is 32.4 Å². The minimum absolute atomic E-state index is 0.0106. The molecule has 0 saturated carbocycles. The molecule has 1 aliphatic heterocycles. The van der Waals surface area contributed by atoms with E-state index < -0.39 is 46.5 Å². The molecule has 156 valence electrons. The second-order valence-electron chi connectivity index (χ2n) is 7.41. The van der Waals surface area contributed by atoms with Crippen LogP contribution in [0.2, 0.25) is 5.15 Å². The molecule has 2 rings (SSSR count). The number of nitrogens with one attached hydrogen (secondary N) is 1. The van der Waals surface area contributed by atoms with Crippen LogP contribution in [-0.2, 0) is 11.0 Å². The Balaban J connectivity index is 2.57. The van der Waals surface area contributed by atoms with Gasteiger partial charge in [0.25, 0.3) is 0 Å². The van der Waals surface area contributed by atoms with Gasteiger partial charge in [0.15, 0.2) is 16.7 Å². The SMILES string of the molecule is CNC(=O)C1[C@@H](C(C)(C)C)N(C(=O)O)CCN1c1ncc(C(F)(F)F)nc1Cl. The van der Waals surface area contributed by atoms with Gasteiger partial charge in [-0.3, -0.25) is 4.79 Å². The van der Waals surface area contributed by atoms with E-state index in [0.717, 1.165) is 4.90 Å². The zero-order chi connectivity index (χ0) is 21.4. The van der Waals surface area contributed by atoms with E-state index in [2.05, 4.69) is 15.3 Å². The first-order valence-corrected chi connectivity index (χ1v) is 8.74. The summed E-state index contributed by atoms with van der Waals surface area (Å²) in [5.41, 5.74) is -1.92. The van der Waals surface area contributed by atoms with Crippen LogP contribution in [0.1, 0.15) is 26.5 Å². The maximum absolute atomic E-state index is 12.8. The van der Waals surface area contributed by atoms with Crippen LogP contribution in [0.3, 0.4) is 0 Å². The number of hydrogen-bond donors (Lipinski definition) is 2. The molecule has 0 aromatic carbocycles. The number of aromatic nitrogens is 2. The van der Waals surface area contributed by atoms with Gasteiger partial charge in [0.05, 0.1) is 12.2 Å². The predicted molar refractivity (Wildman–Crippen MR) is 95.2 cm³/mol. The number of hydrogen-bond acceptors (Lipinski definition) is 5. The number of carboxylic acid groups (broad SMARTS) is 1. The molecule has 1 aromatic heterocycles. The Morgan fingerprint density at radius 1 is 1.29 bits per heavy atom. The Kier molecular flexibility index (Phi) is 5.98. The van der Waals surface area contributed by atoms with Gasteiger partial charge in [0, 0.05) is 20.1 Å². The van der Waals surface area contributed by atoms with E-state index in [0.29, 0.717) is 6.20 Å². The highest BCUT2D eigenvalue weighted by Gasteiger charge is 2.49. The van der Waals surface area contributed by atoms with Gasteiger partial charge < -0.3 is 20.2 Å². The fourth-order valence-electron chi connectivity index (χ4n) is 3.35. The number of carbonyl (C=O) groups is 2. The summed E-state index contributed by atoms with van der Waals surface area (Å²) in [4.78, 5) is 34.1. The zero-order valence-corrected chi connectivity index (χ0v) is 16.5. The van der Waals surface area contributed by atoms with Gasteiger partial charge in [-0.15, -0.1) is 0 Å². The summed E-state index contributed by atoms with van der Waals surface area (Å²) < 4.78 is 38.5. The largest absolute Gasteiger partial charge is 0.465 e. The summed E-state index contributed by atoms with van der Waals surface area (Å²) in [6.07, 6.45) is -5.37. The van der Waals surface area contributed by atoms with Crippen molar-refractivity contribution in [2.45, 2.75) is 39.0 Å². The smallest absolute Gasteiger partial charge is 0.434 e. The summed E-state index contributed by atoms with van der Waals surface area (Å²) in [5.74, 6) is -0.619. The monoisotopic (exact) mass is 423 g/mol. The predicted octanol–water partition coefficient (Wildman–Crippen LogP) is 2.48. The van der Waals surface area contributed by atoms with Gasteiger partial charge >= 0.3 is 12.3 Å². The molecule has 0 spiro atoms. The van der Waals surface area contributed by atoms with E-state index in [-0.39, 0.29) is 18.9 Å². The average molecular weight is 424 g/mol. The van der Waals surface area contributed by atoms with Crippen molar-refractivity contribution in [3.63, 3.8) is 0 Å². The zero-order valence-electron chi connectivity index (χ0n) is 15.7. The molecule has 1 saturated heterocycles. The fourth-order valence-corrected chi connectivity index (χ4v) is 3.60. The number of halogens is 4.